The minimum absolute atomic E-state index is 0.0148. The SMILES string of the molecule is CCCC(=O)CNC(=O)[C@H](CC(C)C)NC(=O)CC. The van der Waals surface area contributed by atoms with Crippen molar-refractivity contribution in [2.45, 2.75) is 59.4 Å². The van der Waals surface area contributed by atoms with Crippen LogP contribution in [0.2, 0.25) is 0 Å². The zero-order valence-electron chi connectivity index (χ0n) is 12.4. The van der Waals surface area contributed by atoms with Gasteiger partial charge in [-0.2, -0.15) is 0 Å². The topological polar surface area (TPSA) is 75.3 Å². The number of carbonyl (C=O) groups is 3. The van der Waals surface area contributed by atoms with Gasteiger partial charge in [0.25, 0.3) is 0 Å². The van der Waals surface area contributed by atoms with Crippen LogP contribution in [0.5, 0.6) is 0 Å². The molecule has 0 saturated carbocycles. The summed E-state index contributed by atoms with van der Waals surface area (Å²) in [6.45, 7) is 7.68. The van der Waals surface area contributed by atoms with Gasteiger partial charge in [0.2, 0.25) is 11.8 Å². The lowest BCUT2D eigenvalue weighted by Gasteiger charge is -2.19. The van der Waals surface area contributed by atoms with E-state index in [1.165, 1.54) is 0 Å². The first-order valence-electron chi connectivity index (χ1n) is 6.99. The van der Waals surface area contributed by atoms with Gasteiger partial charge < -0.3 is 10.6 Å². The van der Waals surface area contributed by atoms with E-state index >= 15 is 0 Å². The highest BCUT2D eigenvalue weighted by Crippen LogP contribution is 2.05. The van der Waals surface area contributed by atoms with Gasteiger partial charge in [-0.05, 0) is 18.8 Å². The summed E-state index contributed by atoms with van der Waals surface area (Å²) in [6.07, 6.45) is 2.16. The van der Waals surface area contributed by atoms with Crippen LogP contribution in [0, 0.1) is 5.92 Å². The smallest absolute Gasteiger partial charge is 0.242 e. The molecule has 5 heteroatoms. The molecule has 2 amide bonds. The Labute approximate surface area is 115 Å². The van der Waals surface area contributed by atoms with Crippen LogP contribution in [-0.4, -0.2) is 30.2 Å². The fourth-order valence-corrected chi connectivity index (χ4v) is 1.68. The van der Waals surface area contributed by atoms with Crippen LogP contribution in [0.15, 0.2) is 0 Å². The number of hydrogen-bond acceptors (Lipinski definition) is 3. The van der Waals surface area contributed by atoms with Crippen LogP contribution in [0.3, 0.4) is 0 Å². The van der Waals surface area contributed by atoms with Gasteiger partial charge in [-0.1, -0.05) is 27.7 Å². The van der Waals surface area contributed by atoms with Crippen molar-refractivity contribution in [2.75, 3.05) is 6.54 Å². The molecular formula is C14H26N2O3. The molecule has 0 aliphatic carbocycles. The van der Waals surface area contributed by atoms with E-state index in [9.17, 15) is 14.4 Å². The first-order valence-corrected chi connectivity index (χ1v) is 6.99. The molecule has 0 bridgehead atoms. The molecular weight excluding hydrogens is 244 g/mol. The van der Waals surface area contributed by atoms with Crippen molar-refractivity contribution in [1.29, 1.82) is 0 Å². The summed E-state index contributed by atoms with van der Waals surface area (Å²) in [7, 11) is 0. The minimum atomic E-state index is -0.554. The Morgan fingerprint density at radius 3 is 2.21 bits per heavy atom. The Morgan fingerprint density at radius 1 is 1.11 bits per heavy atom. The lowest BCUT2D eigenvalue weighted by atomic mass is 10.0. The quantitative estimate of drug-likeness (QED) is 0.665. The molecule has 2 N–H and O–H groups in total. The van der Waals surface area contributed by atoms with Crippen molar-refractivity contribution in [3.8, 4) is 0 Å². The third-order valence-electron chi connectivity index (χ3n) is 2.67. The fourth-order valence-electron chi connectivity index (χ4n) is 1.68. The number of nitrogens with one attached hydrogen (secondary N) is 2. The highest BCUT2D eigenvalue weighted by atomic mass is 16.2. The van der Waals surface area contributed by atoms with E-state index < -0.39 is 6.04 Å². The van der Waals surface area contributed by atoms with E-state index in [4.69, 9.17) is 0 Å². The second-order valence-corrected chi connectivity index (χ2v) is 5.11. The molecule has 0 aliphatic heterocycles. The molecule has 0 radical (unpaired) electrons. The van der Waals surface area contributed by atoms with Crippen LogP contribution in [-0.2, 0) is 14.4 Å². The van der Waals surface area contributed by atoms with Gasteiger partial charge in [0.15, 0.2) is 5.78 Å². The largest absolute Gasteiger partial charge is 0.347 e. The highest BCUT2D eigenvalue weighted by Gasteiger charge is 2.21. The van der Waals surface area contributed by atoms with E-state index in [1.54, 1.807) is 6.92 Å². The van der Waals surface area contributed by atoms with Crippen molar-refractivity contribution < 1.29 is 14.4 Å². The van der Waals surface area contributed by atoms with Crippen LogP contribution in [0.4, 0.5) is 0 Å². The first-order chi connectivity index (χ1) is 8.90. The van der Waals surface area contributed by atoms with E-state index in [0.29, 0.717) is 25.2 Å². The molecule has 0 unspecified atom stereocenters. The molecule has 0 saturated heterocycles. The van der Waals surface area contributed by atoms with Crippen molar-refractivity contribution >= 4 is 17.6 Å². The van der Waals surface area contributed by atoms with E-state index in [0.717, 1.165) is 6.42 Å². The molecule has 0 aliphatic rings. The highest BCUT2D eigenvalue weighted by molar-refractivity contribution is 5.90. The predicted octanol–water partition coefficient (Wildman–Crippen LogP) is 1.41. The lowest BCUT2D eigenvalue weighted by Crippen LogP contribution is -2.48. The maximum atomic E-state index is 12.0. The van der Waals surface area contributed by atoms with Crippen LogP contribution in [0.25, 0.3) is 0 Å². The number of ketones is 1. The van der Waals surface area contributed by atoms with E-state index in [1.807, 2.05) is 20.8 Å². The van der Waals surface area contributed by atoms with Gasteiger partial charge in [-0.15, -0.1) is 0 Å². The summed E-state index contributed by atoms with van der Waals surface area (Å²) in [4.78, 5) is 34.7. The standard InChI is InChI=1S/C14H26N2O3/c1-5-7-11(17)9-15-14(19)12(8-10(3)4)16-13(18)6-2/h10,12H,5-9H2,1-4H3,(H,15,19)(H,16,18)/t12-/m0/s1. The van der Waals surface area contributed by atoms with Gasteiger partial charge >= 0.3 is 0 Å². The summed E-state index contributed by atoms with van der Waals surface area (Å²) in [6, 6.07) is -0.554. The Morgan fingerprint density at radius 2 is 1.74 bits per heavy atom. The lowest BCUT2D eigenvalue weighted by molar-refractivity contribution is -0.130. The van der Waals surface area contributed by atoms with Crippen LogP contribution >= 0.6 is 0 Å². The monoisotopic (exact) mass is 270 g/mol. The number of amides is 2. The number of Topliss-reactive ketones (excluding diaryl/α,β-unsaturated/α-hetero) is 1. The Hall–Kier alpha value is -1.39. The summed E-state index contributed by atoms with van der Waals surface area (Å²) in [5.74, 6) is -0.124. The second kappa shape index (κ2) is 9.53. The van der Waals surface area contributed by atoms with Crippen molar-refractivity contribution in [1.82, 2.24) is 10.6 Å². The zero-order valence-corrected chi connectivity index (χ0v) is 12.4. The molecule has 0 aromatic carbocycles. The van der Waals surface area contributed by atoms with E-state index in [2.05, 4.69) is 10.6 Å². The third-order valence-corrected chi connectivity index (χ3v) is 2.67. The maximum absolute atomic E-state index is 12.0. The average molecular weight is 270 g/mol. The zero-order chi connectivity index (χ0) is 14.8. The average Bonchev–Trinajstić information content (AvgIpc) is 2.34. The molecule has 0 aromatic heterocycles. The van der Waals surface area contributed by atoms with Gasteiger partial charge in [0.1, 0.15) is 6.04 Å². The molecule has 0 aromatic rings. The molecule has 0 fully saturated rings. The molecule has 0 rings (SSSR count). The van der Waals surface area contributed by atoms with Crippen molar-refractivity contribution in [3.05, 3.63) is 0 Å². The van der Waals surface area contributed by atoms with Crippen molar-refractivity contribution in [2.24, 2.45) is 5.92 Å². The van der Waals surface area contributed by atoms with Gasteiger partial charge in [0, 0.05) is 12.8 Å². The van der Waals surface area contributed by atoms with Gasteiger partial charge in [-0.3, -0.25) is 14.4 Å². The minimum Gasteiger partial charge on any atom is -0.347 e. The summed E-state index contributed by atoms with van der Waals surface area (Å²) >= 11 is 0. The normalized spacial score (nSPS) is 12.1. The Bertz CT molecular complexity index is 314. The second-order valence-electron chi connectivity index (χ2n) is 5.11. The fraction of sp³-hybridized carbons (Fsp3) is 0.786. The molecule has 110 valence electrons. The third kappa shape index (κ3) is 8.35. The van der Waals surface area contributed by atoms with Crippen LogP contribution in [0.1, 0.15) is 53.4 Å². The Kier molecular flexibility index (Phi) is 8.83. The number of carbonyl (C=O) groups excluding carboxylic acids is 3. The number of rotatable bonds is 9. The summed E-state index contributed by atoms with van der Waals surface area (Å²) in [5, 5.41) is 5.29. The van der Waals surface area contributed by atoms with Crippen LogP contribution < -0.4 is 10.6 Å². The first kappa shape index (κ1) is 17.6. The molecule has 0 heterocycles. The van der Waals surface area contributed by atoms with Gasteiger partial charge in [-0.25, -0.2) is 0 Å². The molecule has 5 nitrogen and oxygen atoms in total. The predicted molar refractivity (Wildman–Crippen MR) is 74.6 cm³/mol. The maximum Gasteiger partial charge on any atom is 0.242 e. The van der Waals surface area contributed by atoms with Crippen molar-refractivity contribution in [3.63, 3.8) is 0 Å². The van der Waals surface area contributed by atoms with E-state index in [-0.39, 0.29) is 24.1 Å². The van der Waals surface area contributed by atoms with Gasteiger partial charge in [0.05, 0.1) is 6.54 Å². The summed E-state index contributed by atoms with van der Waals surface area (Å²) in [5.41, 5.74) is 0. The summed E-state index contributed by atoms with van der Waals surface area (Å²) < 4.78 is 0. The molecule has 1 atom stereocenters. The Balaban J connectivity index is 4.37. The number of hydrogen-bond donors (Lipinski definition) is 2. The molecule has 19 heavy (non-hydrogen) atoms. The molecule has 0 spiro atoms.